The molecule has 2 aromatic rings. The van der Waals surface area contributed by atoms with Crippen molar-refractivity contribution in [2.45, 2.75) is 32.0 Å². The highest BCUT2D eigenvalue weighted by Gasteiger charge is 2.45. The highest BCUT2D eigenvalue weighted by Crippen LogP contribution is 2.35. The van der Waals surface area contributed by atoms with Crippen molar-refractivity contribution in [2.24, 2.45) is 5.73 Å². The van der Waals surface area contributed by atoms with Crippen molar-refractivity contribution >= 4 is 5.91 Å². The molecule has 1 saturated heterocycles. The minimum atomic E-state index is -0.493. The van der Waals surface area contributed by atoms with Crippen LogP contribution in [-0.2, 0) is 17.8 Å². The summed E-state index contributed by atoms with van der Waals surface area (Å²) >= 11 is 0. The Morgan fingerprint density at radius 1 is 1.05 bits per heavy atom. The molecular formula is C18H19FN2O. The Morgan fingerprint density at radius 2 is 1.64 bits per heavy atom. The number of hydrogen-bond donors (Lipinski definition) is 1. The number of aryl methyl sites for hydroxylation is 1. The number of nitrogens with zero attached hydrogens (tertiary/aromatic N) is 1. The van der Waals surface area contributed by atoms with Gasteiger partial charge in [0.05, 0.1) is 6.04 Å². The normalized spacial score (nSPS) is 20.9. The van der Waals surface area contributed by atoms with Crippen LogP contribution in [0.3, 0.4) is 0 Å². The Hall–Kier alpha value is -2.20. The van der Waals surface area contributed by atoms with Crippen molar-refractivity contribution in [1.82, 2.24) is 4.90 Å². The molecule has 3 nitrogen and oxygen atoms in total. The molecule has 114 valence electrons. The first-order valence-corrected chi connectivity index (χ1v) is 7.49. The van der Waals surface area contributed by atoms with Crippen LogP contribution in [0.4, 0.5) is 4.39 Å². The van der Waals surface area contributed by atoms with Crippen LogP contribution in [0.25, 0.3) is 0 Å². The zero-order valence-electron chi connectivity index (χ0n) is 12.5. The Morgan fingerprint density at radius 3 is 2.23 bits per heavy atom. The minimum absolute atomic E-state index is 0.0612. The van der Waals surface area contributed by atoms with Crippen LogP contribution in [-0.4, -0.2) is 16.8 Å². The van der Waals surface area contributed by atoms with Crippen LogP contribution in [0.5, 0.6) is 0 Å². The molecule has 1 heterocycles. The van der Waals surface area contributed by atoms with E-state index in [1.807, 2.05) is 12.1 Å². The fourth-order valence-corrected chi connectivity index (χ4v) is 2.88. The molecule has 2 aromatic carbocycles. The molecule has 4 heteroatoms. The summed E-state index contributed by atoms with van der Waals surface area (Å²) < 4.78 is 13.0. The molecule has 1 aliphatic rings. The summed E-state index contributed by atoms with van der Waals surface area (Å²) in [5.74, 6) is -0.337. The van der Waals surface area contributed by atoms with Crippen molar-refractivity contribution in [3.05, 3.63) is 71.0 Å². The van der Waals surface area contributed by atoms with E-state index in [0.717, 1.165) is 17.5 Å². The quantitative estimate of drug-likeness (QED) is 0.882. The summed E-state index contributed by atoms with van der Waals surface area (Å²) in [5, 5.41) is 0. The zero-order valence-corrected chi connectivity index (χ0v) is 12.5. The summed E-state index contributed by atoms with van der Waals surface area (Å²) in [6.45, 7) is 2.56. The first-order chi connectivity index (χ1) is 10.6. The van der Waals surface area contributed by atoms with E-state index in [1.54, 1.807) is 17.0 Å². The highest BCUT2D eigenvalue weighted by molar-refractivity contribution is 5.89. The largest absolute Gasteiger partial charge is 0.328 e. The number of benzene rings is 2. The molecule has 1 amide bonds. The van der Waals surface area contributed by atoms with Gasteiger partial charge >= 0.3 is 0 Å². The number of carbonyl (C=O) groups is 1. The molecule has 2 N–H and O–H groups in total. The molecule has 0 unspecified atom stereocenters. The number of β-lactam (4-membered cyclic amide) rings is 1. The van der Waals surface area contributed by atoms with Crippen LogP contribution < -0.4 is 5.73 Å². The van der Waals surface area contributed by atoms with Crippen LogP contribution in [0.2, 0.25) is 0 Å². The molecule has 0 saturated carbocycles. The van der Waals surface area contributed by atoms with Crippen molar-refractivity contribution < 1.29 is 9.18 Å². The third kappa shape index (κ3) is 2.62. The first-order valence-electron chi connectivity index (χ1n) is 7.49. The lowest BCUT2D eigenvalue weighted by Gasteiger charge is -2.45. The van der Waals surface area contributed by atoms with Gasteiger partial charge in [-0.1, -0.05) is 43.3 Å². The van der Waals surface area contributed by atoms with Gasteiger partial charge in [0.25, 0.3) is 0 Å². The third-order valence-corrected chi connectivity index (χ3v) is 4.24. The van der Waals surface area contributed by atoms with E-state index in [9.17, 15) is 9.18 Å². The predicted molar refractivity (Wildman–Crippen MR) is 83.5 cm³/mol. The van der Waals surface area contributed by atoms with Gasteiger partial charge in [-0.25, -0.2) is 4.39 Å². The summed E-state index contributed by atoms with van der Waals surface area (Å²) in [6, 6.07) is 13.8. The molecule has 0 spiro atoms. The maximum atomic E-state index is 13.0. The number of likely N-dealkylation sites (tertiary alicyclic amines) is 1. The zero-order chi connectivity index (χ0) is 15.7. The van der Waals surface area contributed by atoms with E-state index in [0.29, 0.717) is 6.54 Å². The maximum Gasteiger partial charge on any atom is 0.242 e. The van der Waals surface area contributed by atoms with E-state index in [2.05, 4.69) is 19.1 Å². The number of hydrogen-bond acceptors (Lipinski definition) is 2. The molecule has 0 aliphatic carbocycles. The van der Waals surface area contributed by atoms with Gasteiger partial charge in [-0.15, -0.1) is 0 Å². The van der Waals surface area contributed by atoms with Gasteiger partial charge in [0.1, 0.15) is 11.9 Å². The fraction of sp³-hybridized carbons (Fsp3) is 0.278. The highest BCUT2D eigenvalue weighted by atomic mass is 19.1. The second-order valence-electron chi connectivity index (χ2n) is 5.66. The molecule has 0 radical (unpaired) electrons. The lowest BCUT2D eigenvalue weighted by atomic mass is 9.88. The monoisotopic (exact) mass is 298 g/mol. The number of nitrogens with two attached hydrogens (primary N) is 1. The molecule has 1 fully saturated rings. The van der Waals surface area contributed by atoms with Crippen molar-refractivity contribution in [1.29, 1.82) is 0 Å². The maximum absolute atomic E-state index is 13.0. The van der Waals surface area contributed by atoms with E-state index in [1.165, 1.54) is 17.7 Å². The summed E-state index contributed by atoms with van der Waals surface area (Å²) in [5.41, 5.74) is 9.19. The van der Waals surface area contributed by atoms with Crippen LogP contribution >= 0.6 is 0 Å². The number of amides is 1. The Labute approximate surface area is 129 Å². The molecular weight excluding hydrogens is 279 g/mol. The standard InChI is InChI=1S/C18H19FN2O/c1-2-12-3-7-14(8-4-12)17-16(20)18(22)21(17)11-13-5-9-15(19)10-6-13/h3-10,16-17H,2,11,20H2,1H3/t16-,17-/m0/s1. The SMILES string of the molecule is CCc1ccc([C@H]2[C@H](N)C(=O)N2Cc2ccc(F)cc2)cc1. The van der Waals surface area contributed by atoms with Gasteiger partial charge in [-0.05, 0) is 35.2 Å². The smallest absolute Gasteiger partial charge is 0.242 e. The Balaban J connectivity index is 1.79. The second kappa shape index (κ2) is 5.89. The predicted octanol–water partition coefficient (Wildman–Crippen LogP) is 2.80. The lowest BCUT2D eigenvalue weighted by molar-refractivity contribution is -0.150. The van der Waals surface area contributed by atoms with Crippen molar-refractivity contribution in [3.8, 4) is 0 Å². The van der Waals surface area contributed by atoms with Gasteiger partial charge in [0.15, 0.2) is 0 Å². The summed E-state index contributed by atoms with van der Waals surface area (Å²) in [6.07, 6.45) is 0.981. The molecule has 3 rings (SSSR count). The molecule has 1 aliphatic heterocycles. The number of rotatable bonds is 4. The third-order valence-electron chi connectivity index (χ3n) is 4.24. The van der Waals surface area contributed by atoms with Gasteiger partial charge < -0.3 is 10.6 Å². The van der Waals surface area contributed by atoms with E-state index in [-0.39, 0.29) is 17.8 Å². The Kier molecular flexibility index (Phi) is 3.94. The summed E-state index contributed by atoms with van der Waals surface area (Å²) in [4.78, 5) is 13.8. The summed E-state index contributed by atoms with van der Waals surface area (Å²) in [7, 11) is 0. The van der Waals surface area contributed by atoms with E-state index < -0.39 is 6.04 Å². The van der Waals surface area contributed by atoms with Gasteiger partial charge in [-0.3, -0.25) is 4.79 Å². The second-order valence-corrected chi connectivity index (χ2v) is 5.66. The molecule has 2 atom stereocenters. The van der Waals surface area contributed by atoms with Gasteiger partial charge in [0, 0.05) is 6.54 Å². The molecule has 0 aromatic heterocycles. The van der Waals surface area contributed by atoms with E-state index >= 15 is 0 Å². The number of carbonyl (C=O) groups excluding carboxylic acids is 1. The fourth-order valence-electron chi connectivity index (χ4n) is 2.88. The van der Waals surface area contributed by atoms with Crippen molar-refractivity contribution in [2.75, 3.05) is 0 Å². The van der Waals surface area contributed by atoms with E-state index in [4.69, 9.17) is 5.73 Å². The lowest BCUT2D eigenvalue weighted by Crippen LogP contribution is -2.62. The van der Waals surface area contributed by atoms with Gasteiger partial charge in [-0.2, -0.15) is 0 Å². The van der Waals surface area contributed by atoms with Crippen molar-refractivity contribution in [3.63, 3.8) is 0 Å². The van der Waals surface area contributed by atoms with Gasteiger partial charge in [0.2, 0.25) is 5.91 Å². The average Bonchev–Trinajstić information content (AvgIpc) is 2.56. The van der Waals surface area contributed by atoms with Crippen LogP contribution in [0.15, 0.2) is 48.5 Å². The number of halogens is 1. The Bertz CT molecular complexity index is 666. The topological polar surface area (TPSA) is 46.3 Å². The average molecular weight is 298 g/mol. The van der Waals surface area contributed by atoms with Crippen LogP contribution in [0.1, 0.15) is 29.7 Å². The minimum Gasteiger partial charge on any atom is -0.328 e. The molecule has 0 bridgehead atoms. The molecule has 22 heavy (non-hydrogen) atoms. The van der Waals surface area contributed by atoms with Crippen LogP contribution in [0, 0.1) is 5.82 Å². The first kappa shape index (κ1) is 14.7.